The Labute approximate surface area is 384 Å². The fourth-order valence-corrected chi connectivity index (χ4v) is 11.7. The van der Waals surface area contributed by atoms with Gasteiger partial charge in [-0.3, -0.25) is 0 Å². The van der Waals surface area contributed by atoms with Crippen molar-refractivity contribution in [3.05, 3.63) is 231 Å². The van der Waals surface area contributed by atoms with Crippen LogP contribution in [-0.2, 0) is 0 Å². The van der Waals surface area contributed by atoms with E-state index in [0.29, 0.717) is 0 Å². The van der Waals surface area contributed by atoms with Crippen LogP contribution < -0.4 is 4.90 Å². The molecule has 14 aromatic rings. The molecule has 4 heterocycles. The standard InChI is InChI=1S/C61H38N4S/c1-3-15-40(16-4-1)64-53-24-12-8-19-45(53)51-37-43(32-35-55(51)64)63(44-31-33-47-46-20-10-14-26-57(46)66-58(47)38-44)42-29-27-39(28-30-42)61-50-34-36-56-60(59(50)48-21-7-11-23-52(48)62-61)49-22-9-13-25-54(49)65(56)41-17-5-2-6-18-41/h1-38H. The van der Waals surface area contributed by atoms with Crippen molar-refractivity contribution in [2.24, 2.45) is 0 Å². The smallest absolute Gasteiger partial charge is 0.0788 e. The summed E-state index contributed by atoms with van der Waals surface area (Å²) in [6.07, 6.45) is 0. The van der Waals surface area contributed by atoms with E-state index in [0.717, 1.165) is 56.0 Å². The largest absolute Gasteiger partial charge is 0.310 e. The maximum absolute atomic E-state index is 5.44. The molecule has 5 heteroatoms. The van der Waals surface area contributed by atoms with Crippen LogP contribution in [0, 0.1) is 0 Å². The Hall–Kier alpha value is -8.51. The molecule has 0 amide bonds. The van der Waals surface area contributed by atoms with E-state index in [1.165, 1.54) is 69.2 Å². The molecule has 10 aromatic carbocycles. The molecule has 0 N–H and O–H groups in total. The summed E-state index contributed by atoms with van der Waals surface area (Å²) in [5.74, 6) is 0. The van der Waals surface area contributed by atoms with Crippen molar-refractivity contribution in [1.82, 2.24) is 14.1 Å². The van der Waals surface area contributed by atoms with Gasteiger partial charge in [-0.1, -0.05) is 133 Å². The van der Waals surface area contributed by atoms with Crippen LogP contribution in [0.1, 0.15) is 0 Å². The van der Waals surface area contributed by atoms with Crippen molar-refractivity contribution >= 4 is 114 Å². The molecule has 0 aliphatic carbocycles. The Morgan fingerprint density at radius 2 is 0.864 bits per heavy atom. The average molecular weight is 859 g/mol. The minimum absolute atomic E-state index is 0.974. The van der Waals surface area contributed by atoms with E-state index in [2.05, 4.69) is 245 Å². The van der Waals surface area contributed by atoms with Gasteiger partial charge in [0.25, 0.3) is 0 Å². The molecule has 308 valence electrons. The highest BCUT2D eigenvalue weighted by molar-refractivity contribution is 7.25. The van der Waals surface area contributed by atoms with Crippen molar-refractivity contribution < 1.29 is 0 Å². The second-order valence-corrected chi connectivity index (χ2v) is 18.2. The minimum atomic E-state index is 0.974. The molecule has 0 spiro atoms. The molecule has 0 radical (unpaired) electrons. The van der Waals surface area contributed by atoms with Crippen molar-refractivity contribution in [1.29, 1.82) is 0 Å². The number of benzene rings is 10. The van der Waals surface area contributed by atoms with Gasteiger partial charge in [0.1, 0.15) is 0 Å². The quantitative estimate of drug-likeness (QED) is 0.156. The summed E-state index contributed by atoms with van der Waals surface area (Å²) in [4.78, 5) is 7.85. The first kappa shape index (κ1) is 36.9. The number of aromatic nitrogens is 3. The maximum Gasteiger partial charge on any atom is 0.0788 e. The number of pyridine rings is 1. The van der Waals surface area contributed by atoms with Gasteiger partial charge in [-0.05, 0) is 97.1 Å². The number of hydrogen-bond acceptors (Lipinski definition) is 3. The van der Waals surface area contributed by atoms with Gasteiger partial charge >= 0.3 is 0 Å². The number of para-hydroxylation sites is 5. The van der Waals surface area contributed by atoms with Crippen LogP contribution in [0.4, 0.5) is 17.1 Å². The molecule has 4 nitrogen and oxygen atoms in total. The predicted octanol–water partition coefficient (Wildman–Crippen LogP) is 17.1. The van der Waals surface area contributed by atoms with Crippen molar-refractivity contribution in [2.75, 3.05) is 4.90 Å². The Morgan fingerprint density at radius 1 is 0.333 bits per heavy atom. The maximum atomic E-state index is 5.44. The van der Waals surface area contributed by atoms with Gasteiger partial charge in [0.05, 0.1) is 33.3 Å². The molecule has 0 saturated heterocycles. The molecule has 66 heavy (non-hydrogen) atoms. The van der Waals surface area contributed by atoms with E-state index >= 15 is 0 Å². The summed E-state index contributed by atoms with van der Waals surface area (Å²) in [6, 6.07) is 83.8. The lowest BCUT2D eigenvalue weighted by Gasteiger charge is -2.26. The molecule has 14 rings (SSSR count). The van der Waals surface area contributed by atoms with Gasteiger partial charge in [-0.2, -0.15) is 0 Å². The number of thiophene rings is 1. The first-order valence-electron chi connectivity index (χ1n) is 22.5. The molecular weight excluding hydrogens is 821 g/mol. The van der Waals surface area contributed by atoms with E-state index in [1.807, 2.05) is 11.3 Å². The molecule has 0 aliphatic heterocycles. The van der Waals surface area contributed by atoms with Gasteiger partial charge in [0.2, 0.25) is 0 Å². The lowest BCUT2D eigenvalue weighted by atomic mass is 9.96. The second-order valence-electron chi connectivity index (χ2n) is 17.1. The SMILES string of the molecule is c1ccc(-n2c3ccccc3c3cc(N(c4ccc(-c5nc6ccccc6c6c5ccc5c6c6ccccc6n5-c5ccccc5)cc4)c4ccc5c(c4)sc4ccccc45)ccc32)cc1. The predicted molar refractivity (Wildman–Crippen MR) is 281 cm³/mol. The molecule has 0 atom stereocenters. The van der Waals surface area contributed by atoms with Crippen LogP contribution in [-0.4, -0.2) is 14.1 Å². The van der Waals surface area contributed by atoms with Gasteiger partial charge < -0.3 is 14.0 Å². The second kappa shape index (κ2) is 14.5. The van der Waals surface area contributed by atoms with E-state index in [1.54, 1.807) is 0 Å². The molecule has 0 aliphatic rings. The lowest BCUT2D eigenvalue weighted by molar-refractivity contribution is 1.18. The lowest BCUT2D eigenvalue weighted by Crippen LogP contribution is -2.10. The van der Waals surface area contributed by atoms with Crippen LogP contribution in [0.5, 0.6) is 0 Å². The summed E-state index contributed by atoms with van der Waals surface area (Å²) < 4.78 is 7.34. The Bertz CT molecular complexity index is 4220. The summed E-state index contributed by atoms with van der Waals surface area (Å²) in [6.45, 7) is 0. The van der Waals surface area contributed by atoms with E-state index in [9.17, 15) is 0 Å². The van der Waals surface area contributed by atoms with Crippen LogP contribution in [0.15, 0.2) is 231 Å². The summed E-state index contributed by atoms with van der Waals surface area (Å²) in [5, 5.41) is 11.0. The highest BCUT2D eigenvalue weighted by Gasteiger charge is 2.22. The van der Waals surface area contributed by atoms with E-state index < -0.39 is 0 Å². The summed E-state index contributed by atoms with van der Waals surface area (Å²) >= 11 is 1.85. The van der Waals surface area contributed by atoms with Crippen molar-refractivity contribution in [3.63, 3.8) is 0 Å². The third-order valence-electron chi connectivity index (χ3n) is 13.5. The summed E-state index contributed by atoms with van der Waals surface area (Å²) in [7, 11) is 0. The highest BCUT2D eigenvalue weighted by atomic mass is 32.1. The molecular formula is C61H38N4S. The van der Waals surface area contributed by atoms with Gasteiger partial charge in [0, 0.05) is 91.9 Å². The first-order valence-corrected chi connectivity index (χ1v) is 23.3. The molecule has 0 fully saturated rings. The number of fused-ring (bicyclic) bond motifs is 13. The topological polar surface area (TPSA) is 26.0 Å². The fraction of sp³-hybridized carbons (Fsp3) is 0. The van der Waals surface area contributed by atoms with Crippen molar-refractivity contribution in [2.45, 2.75) is 0 Å². The Kier molecular flexibility index (Phi) is 8.12. The number of nitrogens with zero attached hydrogens (tertiary/aromatic N) is 4. The normalized spacial score (nSPS) is 11.9. The third-order valence-corrected chi connectivity index (χ3v) is 14.6. The average Bonchev–Trinajstić information content (AvgIpc) is 4.04. The number of anilines is 3. The highest BCUT2D eigenvalue weighted by Crippen LogP contribution is 2.45. The first-order chi connectivity index (χ1) is 32.7. The molecule has 0 bridgehead atoms. The zero-order valence-corrected chi connectivity index (χ0v) is 36.5. The van der Waals surface area contributed by atoms with E-state index in [-0.39, 0.29) is 0 Å². The van der Waals surface area contributed by atoms with Gasteiger partial charge in [0.15, 0.2) is 0 Å². The fourth-order valence-electron chi connectivity index (χ4n) is 10.6. The zero-order valence-electron chi connectivity index (χ0n) is 35.6. The van der Waals surface area contributed by atoms with Crippen LogP contribution in [0.2, 0.25) is 0 Å². The van der Waals surface area contributed by atoms with Crippen LogP contribution >= 0.6 is 11.3 Å². The van der Waals surface area contributed by atoms with E-state index in [4.69, 9.17) is 4.98 Å². The monoisotopic (exact) mass is 858 g/mol. The Balaban J connectivity index is 0.971. The summed E-state index contributed by atoms with van der Waals surface area (Å²) in [5.41, 5.74) is 13.3. The number of rotatable bonds is 6. The van der Waals surface area contributed by atoms with Crippen LogP contribution in [0.25, 0.3) is 108 Å². The molecule has 4 aromatic heterocycles. The minimum Gasteiger partial charge on any atom is -0.310 e. The Morgan fingerprint density at radius 3 is 1.64 bits per heavy atom. The number of hydrogen-bond donors (Lipinski definition) is 0. The van der Waals surface area contributed by atoms with Crippen molar-refractivity contribution in [3.8, 4) is 22.6 Å². The van der Waals surface area contributed by atoms with Gasteiger partial charge in [-0.15, -0.1) is 11.3 Å². The van der Waals surface area contributed by atoms with Crippen LogP contribution in [0.3, 0.4) is 0 Å². The molecule has 0 unspecified atom stereocenters. The van der Waals surface area contributed by atoms with Gasteiger partial charge in [-0.25, -0.2) is 4.98 Å². The zero-order chi connectivity index (χ0) is 43.3. The third kappa shape index (κ3) is 5.54. The molecule has 0 saturated carbocycles.